The maximum atomic E-state index is 13.0. The number of pyridine rings is 1. The minimum absolute atomic E-state index is 0.140. The summed E-state index contributed by atoms with van der Waals surface area (Å²) in [6.45, 7) is 0. The predicted octanol–water partition coefficient (Wildman–Crippen LogP) is 4.00. The molecule has 0 bridgehead atoms. The summed E-state index contributed by atoms with van der Waals surface area (Å²) in [6.07, 6.45) is -10.2. The number of benzene rings is 1. The Balaban J connectivity index is 2.83. The largest absolute Gasteiger partial charge is 0.454 e. The van der Waals surface area contributed by atoms with Crippen molar-refractivity contribution in [3.05, 3.63) is 41.6 Å². The van der Waals surface area contributed by atoms with Crippen LogP contribution in [0.15, 0.2) is 30.5 Å². The lowest BCUT2D eigenvalue weighted by Gasteiger charge is -2.15. The number of carbonyl (C=O) groups is 1. The molecule has 20 heavy (non-hydrogen) atoms. The number of halogens is 6. The van der Waals surface area contributed by atoms with Gasteiger partial charge in [0.2, 0.25) is 0 Å². The molecule has 0 spiro atoms. The fourth-order valence-corrected chi connectivity index (χ4v) is 1.77. The summed E-state index contributed by atoms with van der Waals surface area (Å²) < 4.78 is 76.0. The van der Waals surface area contributed by atoms with Gasteiger partial charge in [0.15, 0.2) is 0 Å². The fourth-order valence-electron chi connectivity index (χ4n) is 1.77. The Hall–Kier alpha value is -2.12. The molecule has 0 atom stereocenters. The minimum Gasteiger partial charge on any atom is -0.284 e. The Morgan fingerprint density at radius 2 is 1.60 bits per heavy atom. The van der Waals surface area contributed by atoms with E-state index in [2.05, 4.69) is 4.98 Å². The Morgan fingerprint density at radius 1 is 1.00 bits per heavy atom. The van der Waals surface area contributed by atoms with E-state index in [-0.39, 0.29) is 5.52 Å². The second kappa shape index (κ2) is 4.46. The Morgan fingerprint density at radius 3 is 2.15 bits per heavy atom. The number of aromatic nitrogens is 1. The Bertz CT molecular complexity index is 674. The SMILES string of the molecule is O=C(c1cnc2ccccc2c1C(F)(F)F)C(F)(F)F. The lowest BCUT2D eigenvalue weighted by atomic mass is 10.00. The number of fused-ring (bicyclic) bond motifs is 1. The molecule has 1 aromatic carbocycles. The van der Waals surface area contributed by atoms with Gasteiger partial charge in [0, 0.05) is 11.6 Å². The number of nitrogens with zero attached hydrogens (tertiary/aromatic N) is 1. The molecule has 0 amide bonds. The van der Waals surface area contributed by atoms with Crippen molar-refractivity contribution in [2.24, 2.45) is 0 Å². The number of alkyl halides is 6. The van der Waals surface area contributed by atoms with Crippen LogP contribution in [0.4, 0.5) is 26.3 Å². The van der Waals surface area contributed by atoms with Crippen LogP contribution in [-0.4, -0.2) is 16.9 Å². The quantitative estimate of drug-likeness (QED) is 0.587. The molecule has 0 aliphatic heterocycles. The van der Waals surface area contributed by atoms with Gasteiger partial charge in [0.05, 0.1) is 16.6 Å². The third-order valence-electron chi connectivity index (χ3n) is 2.56. The van der Waals surface area contributed by atoms with Crippen LogP contribution in [-0.2, 0) is 6.18 Å². The number of ketones is 1. The first-order chi connectivity index (χ1) is 9.12. The van der Waals surface area contributed by atoms with E-state index in [0.717, 1.165) is 6.07 Å². The highest BCUT2D eigenvalue weighted by Gasteiger charge is 2.45. The third-order valence-corrected chi connectivity index (χ3v) is 2.56. The number of Topliss-reactive ketones (excluding diaryl/α,β-unsaturated/α-hetero) is 1. The second-order valence-electron chi connectivity index (χ2n) is 3.89. The molecule has 0 radical (unpaired) electrons. The van der Waals surface area contributed by atoms with E-state index in [0.29, 0.717) is 6.20 Å². The summed E-state index contributed by atoms with van der Waals surface area (Å²) in [4.78, 5) is 14.6. The van der Waals surface area contributed by atoms with Crippen molar-refractivity contribution in [2.75, 3.05) is 0 Å². The van der Waals surface area contributed by atoms with Gasteiger partial charge in [-0.25, -0.2) is 0 Å². The highest BCUT2D eigenvalue weighted by Crippen LogP contribution is 2.38. The molecule has 0 saturated heterocycles. The van der Waals surface area contributed by atoms with Gasteiger partial charge in [0.25, 0.3) is 5.78 Å². The first kappa shape index (κ1) is 14.3. The summed E-state index contributed by atoms with van der Waals surface area (Å²) in [7, 11) is 0. The van der Waals surface area contributed by atoms with Crippen molar-refractivity contribution >= 4 is 16.7 Å². The van der Waals surface area contributed by atoms with Crippen molar-refractivity contribution in [1.82, 2.24) is 4.98 Å². The first-order valence-electron chi connectivity index (χ1n) is 5.19. The molecule has 1 heterocycles. The molecule has 0 N–H and O–H groups in total. The van der Waals surface area contributed by atoms with Crippen molar-refractivity contribution in [3.8, 4) is 0 Å². The molecule has 0 unspecified atom stereocenters. The van der Waals surface area contributed by atoms with Gasteiger partial charge in [0.1, 0.15) is 0 Å². The van der Waals surface area contributed by atoms with Crippen LogP contribution in [0.5, 0.6) is 0 Å². The highest BCUT2D eigenvalue weighted by atomic mass is 19.4. The van der Waals surface area contributed by atoms with E-state index < -0.39 is 34.6 Å². The van der Waals surface area contributed by atoms with Gasteiger partial charge >= 0.3 is 12.4 Å². The molecule has 0 aliphatic carbocycles. The van der Waals surface area contributed by atoms with Crippen LogP contribution >= 0.6 is 0 Å². The van der Waals surface area contributed by atoms with Crippen molar-refractivity contribution in [1.29, 1.82) is 0 Å². The topological polar surface area (TPSA) is 30.0 Å². The summed E-state index contributed by atoms with van der Waals surface area (Å²) in [6, 6.07) is 4.80. The average Bonchev–Trinajstić information content (AvgIpc) is 2.34. The van der Waals surface area contributed by atoms with Gasteiger partial charge in [-0.3, -0.25) is 9.78 Å². The predicted molar refractivity (Wildman–Crippen MR) is 57.1 cm³/mol. The Kier molecular flexibility index (Phi) is 3.19. The molecular formula is C12H5F6NO. The molecule has 0 saturated carbocycles. The fraction of sp³-hybridized carbons (Fsp3) is 0.167. The smallest absolute Gasteiger partial charge is 0.284 e. The van der Waals surface area contributed by atoms with Gasteiger partial charge in [-0.2, -0.15) is 26.3 Å². The van der Waals surface area contributed by atoms with Crippen molar-refractivity contribution < 1.29 is 31.1 Å². The maximum absolute atomic E-state index is 13.0. The van der Waals surface area contributed by atoms with Crippen LogP contribution in [0.25, 0.3) is 10.9 Å². The monoisotopic (exact) mass is 293 g/mol. The molecular weight excluding hydrogens is 288 g/mol. The van der Waals surface area contributed by atoms with Gasteiger partial charge in [-0.15, -0.1) is 0 Å². The molecule has 0 fully saturated rings. The Labute approximate surface area is 108 Å². The van der Waals surface area contributed by atoms with Gasteiger partial charge in [-0.1, -0.05) is 18.2 Å². The van der Waals surface area contributed by atoms with Gasteiger partial charge in [-0.05, 0) is 6.07 Å². The first-order valence-corrected chi connectivity index (χ1v) is 5.19. The molecule has 106 valence electrons. The van der Waals surface area contributed by atoms with Crippen LogP contribution in [0.3, 0.4) is 0 Å². The summed E-state index contributed by atoms with van der Waals surface area (Å²) in [5.41, 5.74) is -3.26. The standard InChI is InChI=1S/C12H5F6NO/c13-11(14,15)9-6-3-1-2-4-8(6)19-5-7(9)10(20)12(16,17)18/h1-5H. The second-order valence-corrected chi connectivity index (χ2v) is 3.89. The van der Waals surface area contributed by atoms with Crippen LogP contribution in [0, 0.1) is 0 Å². The number of para-hydroxylation sites is 1. The van der Waals surface area contributed by atoms with E-state index in [9.17, 15) is 31.1 Å². The maximum Gasteiger partial charge on any atom is 0.454 e. The molecule has 1 aromatic heterocycles. The van der Waals surface area contributed by atoms with Crippen LogP contribution < -0.4 is 0 Å². The highest BCUT2D eigenvalue weighted by molar-refractivity contribution is 6.04. The molecule has 2 aromatic rings. The van der Waals surface area contributed by atoms with Crippen LogP contribution in [0.1, 0.15) is 15.9 Å². The number of hydrogen-bond donors (Lipinski definition) is 0. The van der Waals surface area contributed by atoms with E-state index in [1.54, 1.807) is 0 Å². The zero-order valence-corrected chi connectivity index (χ0v) is 9.51. The van der Waals surface area contributed by atoms with Gasteiger partial charge < -0.3 is 0 Å². The normalized spacial score (nSPS) is 12.7. The van der Waals surface area contributed by atoms with E-state index in [1.165, 1.54) is 18.2 Å². The zero-order chi connectivity index (χ0) is 15.1. The minimum atomic E-state index is -5.40. The van der Waals surface area contributed by atoms with Crippen molar-refractivity contribution in [2.45, 2.75) is 12.4 Å². The van der Waals surface area contributed by atoms with Crippen LogP contribution in [0.2, 0.25) is 0 Å². The molecule has 2 rings (SSSR count). The van der Waals surface area contributed by atoms with E-state index in [1.807, 2.05) is 0 Å². The molecule has 2 nitrogen and oxygen atoms in total. The lowest BCUT2D eigenvalue weighted by molar-refractivity contribution is -0.137. The van der Waals surface area contributed by atoms with E-state index in [4.69, 9.17) is 0 Å². The average molecular weight is 293 g/mol. The summed E-state index contributed by atoms with van der Waals surface area (Å²) in [5.74, 6) is -2.57. The van der Waals surface area contributed by atoms with E-state index >= 15 is 0 Å². The summed E-state index contributed by atoms with van der Waals surface area (Å²) in [5, 5.41) is -0.546. The van der Waals surface area contributed by atoms with Crippen molar-refractivity contribution in [3.63, 3.8) is 0 Å². The summed E-state index contributed by atoms with van der Waals surface area (Å²) >= 11 is 0. The number of hydrogen-bond acceptors (Lipinski definition) is 2. The number of carbonyl (C=O) groups excluding carboxylic acids is 1. The zero-order valence-electron chi connectivity index (χ0n) is 9.51. The number of rotatable bonds is 1. The lowest BCUT2D eigenvalue weighted by Crippen LogP contribution is -2.26. The third kappa shape index (κ3) is 2.45. The molecule has 8 heteroatoms. The molecule has 0 aliphatic rings.